The van der Waals surface area contributed by atoms with Gasteiger partial charge < -0.3 is 9.73 Å². The molecule has 0 saturated heterocycles. The van der Waals surface area contributed by atoms with E-state index >= 15 is 0 Å². The van der Waals surface area contributed by atoms with Crippen molar-refractivity contribution in [2.75, 3.05) is 6.54 Å². The van der Waals surface area contributed by atoms with Crippen LogP contribution in [-0.4, -0.2) is 6.54 Å². The van der Waals surface area contributed by atoms with Crippen molar-refractivity contribution in [2.24, 2.45) is 0 Å². The van der Waals surface area contributed by atoms with Gasteiger partial charge in [-0.2, -0.15) is 0 Å². The first-order chi connectivity index (χ1) is 6.47. The predicted octanol–water partition coefficient (Wildman–Crippen LogP) is 2.05. The SMILES string of the molecule is c1cccc2c(occ1)CNCC2. The number of hydrogen-bond donors (Lipinski definition) is 1. The molecule has 2 rings (SSSR count). The van der Waals surface area contributed by atoms with E-state index < -0.39 is 0 Å². The van der Waals surface area contributed by atoms with Gasteiger partial charge in [0.15, 0.2) is 0 Å². The Morgan fingerprint density at radius 3 is 3.08 bits per heavy atom. The highest BCUT2D eigenvalue weighted by molar-refractivity contribution is 5.18. The molecule has 1 aliphatic heterocycles. The van der Waals surface area contributed by atoms with Crippen molar-refractivity contribution >= 4 is 0 Å². The van der Waals surface area contributed by atoms with Gasteiger partial charge in [-0.05, 0) is 24.6 Å². The highest BCUT2D eigenvalue weighted by Gasteiger charge is 2.06. The van der Waals surface area contributed by atoms with Crippen molar-refractivity contribution in [3.63, 3.8) is 0 Å². The summed E-state index contributed by atoms with van der Waals surface area (Å²) in [5.74, 6) is 1.04. The van der Waals surface area contributed by atoms with Crippen LogP contribution in [0.25, 0.3) is 0 Å². The van der Waals surface area contributed by atoms with Gasteiger partial charge in [-0.25, -0.2) is 0 Å². The van der Waals surface area contributed by atoms with Gasteiger partial charge in [-0.3, -0.25) is 0 Å². The maximum absolute atomic E-state index is 5.50. The van der Waals surface area contributed by atoms with Crippen LogP contribution in [-0.2, 0) is 13.0 Å². The van der Waals surface area contributed by atoms with Gasteiger partial charge in [0, 0.05) is 0 Å². The van der Waals surface area contributed by atoms with Crippen LogP contribution in [0, 0.1) is 0 Å². The van der Waals surface area contributed by atoms with Gasteiger partial charge in [0.2, 0.25) is 0 Å². The van der Waals surface area contributed by atoms with Gasteiger partial charge in [0.1, 0.15) is 5.76 Å². The number of nitrogens with one attached hydrogen (secondary N) is 1. The van der Waals surface area contributed by atoms with E-state index in [4.69, 9.17) is 4.42 Å². The molecule has 2 heteroatoms. The fourth-order valence-electron chi connectivity index (χ4n) is 1.44. The average molecular weight is 175 g/mol. The number of rotatable bonds is 0. The van der Waals surface area contributed by atoms with Crippen LogP contribution in [0.5, 0.6) is 0 Å². The molecule has 2 nitrogen and oxygen atoms in total. The van der Waals surface area contributed by atoms with Crippen LogP contribution in [0.1, 0.15) is 11.3 Å². The largest absolute Gasteiger partial charge is 0.468 e. The molecule has 0 radical (unpaired) electrons. The molecular formula is C11H13NO. The Kier molecular flexibility index (Phi) is 2.62. The summed E-state index contributed by atoms with van der Waals surface area (Å²) >= 11 is 0. The van der Waals surface area contributed by atoms with Gasteiger partial charge in [-0.15, -0.1) is 0 Å². The highest BCUT2D eigenvalue weighted by Crippen LogP contribution is 2.09. The Morgan fingerprint density at radius 1 is 1.15 bits per heavy atom. The first-order valence-electron chi connectivity index (χ1n) is 4.56. The second-order valence-electron chi connectivity index (χ2n) is 3.07. The van der Waals surface area contributed by atoms with Crippen LogP contribution < -0.4 is 5.32 Å². The lowest BCUT2D eigenvalue weighted by molar-refractivity contribution is 0.446. The second kappa shape index (κ2) is 4.10. The second-order valence-corrected chi connectivity index (χ2v) is 3.07. The summed E-state index contributed by atoms with van der Waals surface area (Å²) in [4.78, 5) is 0. The van der Waals surface area contributed by atoms with Crippen LogP contribution in [0.3, 0.4) is 0 Å². The molecule has 0 bridgehead atoms. The zero-order valence-electron chi connectivity index (χ0n) is 7.49. The normalized spacial score (nSPS) is 14.5. The zero-order chi connectivity index (χ0) is 8.93. The van der Waals surface area contributed by atoms with E-state index in [-0.39, 0.29) is 0 Å². The van der Waals surface area contributed by atoms with Crippen molar-refractivity contribution < 1.29 is 4.42 Å². The minimum Gasteiger partial charge on any atom is -0.468 e. The molecule has 1 N–H and O–H groups in total. The van der Waals surface area contributed by atoms with Crippen LogP contribution >= 0.6 is 0 Å². The van der Waals surface area contributed by atoms with Gasteiger partial charge >= 0.3 is 0 Å². The quantitative estimate of drug-likeness (QED) is 0.652. The topological polar surface area (TPSA) is 25.2 Å². The summed E-state index contributed by atoms with van der Waals surface area (Å²) in [7, 11) is 0. The minimum atomic E-state index is 0.837. The fraction of sp³-hybridized carbons (Fsp3) is 0.273. The Labute approximate surface area is 77.9 Å². The Balaban J connectivity index is 2.51. The zero-order valence-corrected chi connectivity index (χ0v) is 7.49. The summed E-state index contributed by atoms with van der Waals surface area (Å²) in [6, 6.07) is 10.1. The minimum absolute atomic E-state index is 0.837. The van der Waals surface area contributed by atoms with Gasteiger partial charge in [0.05, 0.1) is 12.8 Å². The molecule has 0 saturated carbocycles. The monoisotopic (exact) mass is 175 g/mol. The maximum Gasteiger partial charge on any atom is 0.120 e. The van der Waals surface area contributed by atoms with Gasteiger partial charge in [0.25, 0.3) is 0 Å². The fourth-order valence-corrected chi connectivity index (χ4v) is 1.44. The third kappa shape index (κ3) is 2.10. The third-order valence-corrected chi connectivity index (χ3v) is 2.13. The van der Waals surface area contributed by atoms with Crippen molar-refractivity contribution in [3.8, 4) is 0 Å². The molecule has 0 amide bonds. The lowest BCUT2D eigenvalue weighted by Gasteiger charge is -2.12. The van der Waals surface area contributed by atoms with E-state index in [0.29, 0.717) is 0 Å². The van der Waals surface area contributed by atoms with E-state index in [1.54, 1.807) is 6.26 Å². The molecule has 0 aromatic carbocycles. The van der Waals surface area contributed by atoms with E-state index in [1.165, 1.54) is 5.56 Å². The standard InChI is InChI=1S/C11H13NO/c1-2-4-8-13-11-9-12-7-6-10(11)5-3-1/h1-5,8,12H,6-7,9H2. The number of fused-ring (bicyclic) bond motifs is 1. The summed E-state index contributed by atoms with van der Waals surface area (Å²) in [5, 5.41) is 3.28. The van der Waals surface area contributed by atoms with E-state index in [9.17, 15) is 0 Å². The van der Waals surface area contributed by atoms with Crippen LogP contribution in [0.4, 0.5) is 0 Å². The molecule has 0 unspecified atom stereocenters. The lowest BCUT2D eigenvalue weighted by atomic mass is 10.1. The summed E-state index contributed by atoms with van der Waals surface area (Å²) in [6.45, 7) is 1.88. The van der Waals surface area contributed by atoms with Crippen molar-refractivity contribution in [1.29, 1.82) is 0 Å². The maximum atomic E-state index is 5.50. The van der Waals surface area contributed by atoms with E-state index in [0.717, 1.165) is 25.3 Å². The molecule has 1 aliphatic rings. The predicted molar refractivity (Wildman–Crippen MR) is 51.7 cm³/mol. The smallest absolute Gasteiger partial charge is 0.120 e. The van der Waals surface area contributed by atoms with Crippen LogP contribution in [0.15, 0.2) is 41.0 Å². The molecule has 68 valence electrons. The Bertz CT molecular complexity index is 298. The highest BCUT2D eigenvalue weighted by atomic mass is 16.3. The number of hydrogen-bond acceptors (Lipinski definition) is 2. The molecule has 0 spiro atoms. The molecule has 1 aromatic rings. The van der Waals surface area contributed by atoms with Crippen molar-refractivity contribution in [1.82, 2.24) is 5.32 Å². The van der Waals surface area contributed by atoms with Crippen molar-refractivity contribution in [2.45, 2.75) is 13.0 Å². The third-order valence-electron chi connectivity index (χ3n) is 2.13. The average Bonchev–Trinajstić information content (AvgIpc) is 2.28. The van der Waals surface area contributed by atoms with E-state index in [2.05, 4.69) is 17.4 Å². The summed E-state index contributed by atoms with van der Waals surface area (Å²) < 4.78 is 5.50. The summed E-state index contributed by atoms with van der Waals surface area (Å²) in [5.41, 5.74) is 1.30. The van der Waals surface area contributed by atoms with Crippen LogP contribution in [0.2, 0.25) is 0 Å². The first-order valence-corrected chi connectivity index (χ1v) is 4.56. The molecule has 1 aromatic heterocycles. The molecule has 0 fully saturated rings. The molecule has 0 atom stereocenters. The molecular weight excluding hydrogens is 162 g/mol. The van der Waals surface area contributed by atoms with E-state index in [1.807, 2.05) is 18.2 Å². The molecule has 0 aliphatic carbocycles. The Morgan fingerprint density at radius 2 is 2.08 bits per heavy atom. The molecule has 2 heterocycles. The van der Waals surface area contributed by atoms with Gasteiger partial charge in [-0.1, -0.05) is 24.3 Å². The first kappa shape index (κ1) is 8.32. The lowest BCUT2D eigenvalue weighted by Crippen LogP contribution is -2.22. The molecule has 13 heavy (non-hydrogen) atoms. The Hall–Kier alpha value is -1.28. The summed E-state index contributed by atoms with van der Waals surface area (Å²) in [6.07, 6.45) is 2.78. The van der Waals surface area contributed by atoms with Crippen molar-refractivity contribution in [3.05, 3.63) is 47.9 Å².